The highest BCUT2D eigenvalue weighted by Crippen LogP contribution is 2.31. The molecular weight excluding hydrogens is 361 g/mol. The Morgan fingerprint density at radius 1 is 1.33 bits per heavy atom. The first-order valence-electron chi connectivity index (χ1n) is 5.06. The third kappa shape index (κ3) is 2.76. The first kappa shape index (κ1) is 13.2. The number of thioether (sulfide) groups is 1. The van der Waals surface area contributed by atoms with Gasteiger partial charge in [0.05, 0.1) is 11.4 Å². The summed E-state index contributed by atoms with van der Waals surface area (Å²) in [5, 5.41) is -0.310. The van der Waals surface area contributed by atoms with Gasteiger partial charge in [0.1, 0.15) is 0 Å². The van der Waals surface area contributed by atoms with Crippen molar-refractivity contribution in [1.82, 2.24) is 4.90 Å². The molecule has 1 fully saturated rings. The lowest BCUT2D eigenvalue weighted by Crippen LogP contribution is -2.28. The number of carbonyl (C=O) groups excluding carboxylic acids is 2. The lowest BCUT2D eigenvalue weighted by atomic mass is 10.2. The summed E-state index contributed by atoms with van der Waals surface area (Å²) >= 11 is 3.13. The first-order chi connectivity index (χ1) is 8.61. The van der Waals surface area contributed by atoms with E-state index >= 15 is 0 Å². The summed E-state index contributed by atoms with van der Waals surface area (Å²) in [5.41, 5.74) is 0.890. The van der Waals surface area contributed by atoms with Crippen molar-refractivity contribution in [2.45, 2.75) is 0 Å². The summed E-state index contributed by atoms with van der Waals surface area (Å²) in [4.78, 5) is 24.9. The predicted molar refractivity (Wildman–Crippen MR) is 80.7 cm³/mol. The molecule has 1 aliphatic heterocycles. The van der Waals surface area contributed by atoms with Crippen LogP contribution in [0.1, 0.15) is 5.56 Å². The molecule has 18 heavy (non-hydrogen) atoms. The highest BCUT2D eigenvalue weighted by Gasteiger charge is 2.34. The Kier molecular flexibility index (Phi) is 4.09. The number of benzene rings is 1. The van der Waals surface area contributed by atoms with Crippen molar-refractivity contribution in [2.75, 3.05) is 6.54 Å². The van der Waals surface area contributed by atoms with Gasteiger partial charge in [-0.05, 0) is 58.1 Å². The van der Waals surface area contributed by atoms with E-state index in [-0.39, 0.29) is 17.7 Å². The summed E-state index contributed by atoms with van der Waals surface area (Å²) in [6.07, 6.45) is 6.83. The lowest BCUT2D eigenvalue weighted by molar-refractivity contribution is -0.122. The number of imide groups is 1. The van der Waals surface area contributed by atoms with E-state index < -0.39 is 0 Å². The number of rotatable bonds is 2. The molecule has 1 aromatic carbocycles. The maximum absolute atomic E-state index is 11.9. The van der Waals surface area contributed by atoms with Crippen LogP contribution in [0.25, 0.3) is 6.08 Å². The third-order valence-corrected chi connectivity index (χ3v) is 3.92. The van der Waals surface area contributed by atoms with Crippen LogP contribution in [0.4, 0.5) is 4.79 Å². The van der Waals surface area contributed by atoms with E-state index in [2.05, 4.69) is 28.5 Å². The molecule has 0 saturated carbocycles. The number of terminal acetylenes is 1. The summed E-state index contributed by atoms with van der Waals surface area (Å²) < 4.78 is 1.12. The van der Waals surface area contributed by atoms with Gasteiger partial charge in [0.15, 0.2) is 0 Å². The SMILES string of the molecule is C#CCN1C(=O)S/C(=C\c2ccc(I)cc2)C1=O. The molecule has 90 valence electrons. The van der Waals surface area contributed by atoms with E-state index in [1.54, 1.807) is 6.08 Å². The number of halogens is 1. The maximum Gasteiger partial charge on any atom is 0.294 e. The second-order valence-electron chi connectivity index (χ2n) is 3.52. The second-order valence-corrected chi connectivity index (χ2v) is 5.76. The number of hydrogen-bond acceptors (Lipinski definition) is 3. The third-order valence-electron chi connectivity index (χ3n) is 2.29. The number of nitrogens with zero attached hydrogens (tertiary/aromatic N) is 1. The predicted octanol–water partition coefficient (Wildman–Crippen LogP) is 2.96. The van der Waals surface area contributed by atoms with Gasteiger partial charge in [0.2, 0.25) is 0 Å². The molecule has 0 unspecified atom stereocenters. The van der Waals surface area contributed by atoms with E-state index in [1.807, 2.05) is 24.3 Å². The monoisotopic (exact) mass is 369 g/mol. The molecule has 0 atom stereocenters. The Bertz CT molecular complexity index is 572. The molecule has 0 aromatic heterocycles. The van der Waals surface area contributed by atoms with Gasteiger partial charge in [0.25, 0.3) is 11.1 Å². The van der Waals surface area contributed by atoms with Crippen molar-refractivity contribution < 1.29 is 9.59 Å². The van der Waals surface area contributed by atoms with Crippen LogP contribution >= 0.6 is 34.4 Å². The van der Waals surface area contributed by atoms with Gasteiger partial charge in [-0.3, -0.25) is 14.5 Å². The minimum atomic E-state index is -0.318. The Hall–Kier alpha value is -1.26. The van der Waals surface area contributed by atoms with Crippen molar-refractivity contribution in [2.24, 2.45) is 0 Å². The molecule has 1 aliphatic rings. The normalized spacial score (nSPS) is 17.3. The second kappa shape index (κ2) is 5.59. The Morgan fingerprint density at radius 2 is 2.00 bits per heavy atom. The average Bonchev–Trinajstić information content (AvgIpc) is 2.60. The molecule has 0 N–H and O–H groups in total. The van der Waals surface area contributed by atoms with Crippen LogP contribution in [-0.4, -0.2) is 22.6 Å². The first-order valence-corrected chi connectivity index (χ1v) is 6.96. The van der Waals surface area contributed by atoms with Gasteiger partial charge in [-0.1, -0.05) is 18.1 Å². The largest absolute Gasteiger partial charge is 0.294 e. The van der Waals surface area contributed by atoms with Crippen molar-refractivity contribution in [3.05, 3.63) is 38.3 Å². The van der Waals surface area contributed by atoms with Gasteiger partial charge in [-0.15, -0.1) is 6.42 Å². The fourth-order valence-corrected chi connectivity index (χ4v) is 2.64. The summed E-state index contributed by atoms with van der Waals surface area (Å²) in [6.45, 7) is 0.0225. The van der Waals surface area contributed by atoms with Gasteiger partial charge >= 0.3 is 0 Å². The molecule has 1 heterocycles. The van der Waals surface area contributed by atoms with Crippen LogP contribution in [0.2, 0.25) is 0 Å². The molecule has 0 spiro atoms. The van der Waals surface area contributed by atoms with E-state index in [0.29, 0.717) is 4.91 Å². The Balaban J connectivity index is 2.25. The van der Waals surface area contributed by atoms with Gasteiger partial charge in [-0.25, -0.2) is 0 Å². The fraction of sp³-hybridized carbons (Fsp3) is 0.0769. The average molecular weight is 369 g/mol. The van der Waals surface area contributed by atoms with Gasteiger partial charge < -0.3 is 0 Å². The smallest absolute Gasteiger partial charge is 0.268 e. The van der Waals surface area contributed by atoms with E-state index in [1.165, 1.54) is 0 Å². The van der Waals surface area contributed by atoms with Crippen molar-refractivity contribution in [1.29, 1.82) is 0 Å². The maximum atomic E-state index is 11.9. The zero-order valence-electron chi connectivity index (χ0n) is 9.22. The van der Waals surface area contributed by atoms with Gasteiger partial charge in [0, 0.05) is 3.57 Å². The molecular formula is C13H8INO2S. The van der Waals surface area contributed by atoms with E-state index in [0.717, 1.165) is 25.8 Å². The summed E-state index contributed by atoms with van der Waals surface area (Å²) in [5.74, 6) is 1.99. The zero-order chi connectivity index (χ0) is 13.1. The van der Waals surface area contributed by atoms with Crippen molar-refractivity contribution >= 4 is 51.6 Å². The molecule has 0 aliphatic carbocycles. The minimum absolute atomic E-state index is 0.0225. The molecule has 3 nitrogen and oxygen atoms in total. The number of hydrogen-bond donors (Lipinski definition) is 0. The molecule has 2 amide bonds. The van der Waals surface area contributed by atoms with Crippen LogP contribution in [-0.2, 0) is 4.79 Å². The number of amides is 2. The molecule has 5 heteroatoms. The summed E-state index contributed by atoms with van der Waals surface area (Å²) in [6, 6.07) is 7.68. The molecule has 1 aromatic rings. The van der Waals surface area contributed by atoms with E-state index in [9.17, 15) is 9.59 Å². The zero-order valence-corrected chi connectivity index (χ0v) is 12.2. The van der Waals surface area contributed by atoms with Crippen molar-refractivity contribution in [3.8, 4) is 12.3 Å². The lowest BCUT2D eigenvalue weighted by Gasteiger charge is -2.06. The Morgan fingerprint density at radius 3 is 2.61 bits per heavy atom. The van der Waals surface area contributed by atoms with Crippen LogP contribution in [0.15, 0.2) is 29.2 Å². The Labute approximate surface area is 123 Å². The van der Waals surface area contributed by atoms with Crippen molar-refractivity contribution in [3.63, 3.8) is 0 Å². The molecule has 0 bridgehead atoms. The molecule has 2 rings (SSSR count). The van der Waals surface area contributed by atoms with Crippen LogP contribution in [0.5, 0.6) is 0 Å². The standard InChI is InChI=1S/C13H8INO2S/c1-2-7-15-12(16)11(18-13(15)17)8-9-3-5-10(14)6-4-9/h1,3-6,8H,7H2/b11-8-. The fourth-order valence-electron chi connectivity index (χ4n) is 1.44. The summed E-state index contributed by atoms with van der Waals surface area (Å²) in [7, 11) is 0. The van der Waals surface area contributed by atoms with Crippen LogP contribution < -0.4 is 0 Å². The minimum Gasteiger partial charge on any atom is -0.268 e. The molecule has 0 radical (unpaired) electrons. The number of carbonyl (C=O) groups is 2. The highest BCUT2D eigenvalue weighted by atomic mass is 127. The van der Waals surface area contributed by atoms with Crippen LogP contribution in [0, 0.1) is 15.9 Å². The topological polar surface area (TPSA) is 37.4 Å². The van der Waals surface area contributed by atoms with E-state index in [4.69, 9.17) is 6.42 Å². The highest BCUT2D eigenvalue weighted by molar-refractivity contribution is 14.1. The van der Waals surface area contributed by atoms with Gasteiger partial charge in [-0.2, -0.15) is 0 Å². The quantitative estimate of drug-likeness (QED) is 0.457. The molecule has 1 saturated heterocycles. The van der Waals surface area contributed by atoms with Crippen LogP contribution in [0.3, 0.4) is 0 Å².